The zero-order chi connectivity index (χ0) is 21.1. The molecule has 1 aliphatic rings. The Morgan fingerprint density at radius 1 is 1.07 bits per heavy atom. The molecule has 0 N–H and O–H groups in total. The fraction of sp³-hybridized carbons (Fsp3) is 0.348. The van der Waals surface area contributed by atoms with E-state index in [0.717, 1.165) is 17.0 Å². The Kier molecular flexibility index (Phi) is 6.04. The van der Waals surface area contributed by atoms with Gasteiger partial charge in [0.2, 0.25) is 11.9 Å². The maximum atomic E-state index is 13.3. The van der Waals surface area contributed by atoms with Crippen molar-refractivity contribution in [3.8, 4) is 11.5 Å². The summed E-state index contributed by atoms with van der Waals surface area (Å²) in [6, 6.07) is 13.2. The zero-order valence-corrected chi connectivity index (χ0v) is 17.9. The minimum absolute atomic E-state index is 0.164. The molecule has 1 amide bonds. The Hall–Kier alpha value is -2.86. The maximum absolute atomic E-state index is 13.3. The number of carbonyl (C=O) groups excluding carboxylic acids is 1. The SMILES string of the molecule is CC(C)C(C(=O)N1CCN(c2nccc(-c3ccco3)n2)CC1)c1ccc(Cl)cc1. The molecule has 0 aliphatic carbocycles. The number of benzene rings is 1. The van der Waals surface area contributed by atoms with E-state index in [9.17, 15) is 4.79 Å². The summed E-state index contributed by atoms with van der Waals surface area (Å²) in [6.07, 6.45) is 3.38. The fourth-order valence-electron chi connectivity index (χ4n) is 3.87. The van der Waals surface area contributed by atoms with E-state index < -0.39 is 0 Å². The normalized spacial score (nSPS) is 15.5. The van der Waals surface area contributed by atoms with Crippen LogP contribution in [0.15, 0.2) is 59.3 Å². The summed E-state index contributed by atoms with van der Waals surface area (Å²) >= 11 is 6.02. The quantitative estimate of drug-likeness (QED) is 0.604. The summed E-state index contributed by atoms with van der Waals surface area (Å²) in [6.45, 7) is 6.84. The number of aromatic nitrogens is 2. The van der Waals surface area contributed by atoms with Crippen LogP contribution in [0.4, 0.5) is 5.95 Å². The molecule has 2 aromatic heterocycles. The first-order valence-electron chi connectivity index (χ1n) is 10.2. The molecular weight excluding hydrogens is 400 g/mol. The average Bonchev–Trinajstić information content (AvgIpc) is 3.30. The number of anilines is 1. The number of hydrogen-bond donors (Lipinski definition) is 0. The third-order valence-electron chi connectivity index (χ3n) is 5.45. The van der Waals surface area contributed by atoms with Crippen molar-refractivity contribution < 1.29 is 9.21 Å². The van der Waals surface area contributed by atoms with Crippen LogP contribution >= 0.6 is 11.6 Å². The first-order chi connectivity index (χ1) is 14.5. The van der Waals surface area contributed by atoms with Gasteiger partial charge in [-0.25, -0.2) is 9.97 Å². The van der Waals surface area contributed by atoms with Crippen molar-refractivity contribution in [3.63, 3.8) is 0 Å². The van der Waals surface area contributed by atoms with Crippen molar-refractivity contribution >= 4 is 23.5 Å². The number of piperazine rings is 1. The lowest BCUT2D eigenvalue weighted by Gasteiger charge is -2.37. The smallest absolute Gasteiger partial charge is 0.230 e. The molecule has 0 bridgehead atoms. The van der Waals surface area contributed by atoms with Gasteiger partial charge in [-0.2, -0.15) is 0 Å². The highest BCUT2D eigenvalue weighted by molar-refractivity contribution is 6.30. The van der Waals surface area contributed by atoms with Gasteiger partial charge in [0.15, 0.2) is 5.76 Å². The molecule has 0 radical (unpaired) electrons. The Bertz CT molecular complexity index is 981. The predicted molar refractivity (Wildman–Crippen MR) is 118 cm³/mol. The van der Waals surface area contributed by atoms with Gasteiger partial charge >= 0.3 is 0 Å². The first kappa shape index (κ1) is 20.4. The van der Waals surface area contributed by atoms with Crippen molar-refractivity contribution in [3.05, 3.63) is 65.5 Å². The lowest BCUT2D eigenvalue weighted by Crippen LogP contribution is -2.51. The molecule has 3 heterocycles. The van der Waals surface area contributed by atoms with Crippen molar-refractivity contribution in [2.45, 2.75) is 19.8 Å². The van der Waals surface area contributed by atoms with Crippen LogP contribution in [-0.2, 0) is 4.79 Å². The van der Waals surface area contributed by atoms with Gasteiger partial charge in [-0.3, -0.25) is 4.79 Å². The molecule has 1 aromatic carbocycles. The van der Waals surface area contributed by atoms with Gasteiger partial charge in [-0.1, -0.05) is 37.6 Å². The van der Waals surface area contributed by atoms with Crippen LogP contribution in [0, 0.1) is 5.92 Å². The first-order valence-corrected chi connectivity index (χ1v) is 10.6. The van der Waals surface area contributed by atoms with E-state index in [-0.39, 0.29) is 17.7 Å². The van der Waals surface area contributed by atoms with E-state index in [4.69, 9.17) is 16.0 Å². The van der Waals surface area contributed by atoms with Crippen molar-refractivity contribution in [1.29, 1.82) is 0 Å². The maximum Gasteiger partial charge on any atom is 0.230 e. The van der Waals surface area contributed by atoms with Crippen molar-refractivity contribution in [2.24, 2.45) is 5.92 Å². The van der Waals surface area contributed by atoms with Crippen LogP contribution in [0.1, 0.15) is 25.3 Å². The second kappa shape index (κ2) is 8.88. The number of halogens is 1. The van der Waals surface area contributed by atoms with Gasteiger partial charge in [0.25, 0.3) is 0 Å². The minimum atomic E-state index is -0.174. The molecule has 1 unspecified atom stereocenters. The third-order valence-corrected chi connectivity index (χ3v) is 5.70. The molecule has 1 saturated heterocycles. The molecule has 156 valence electrons. The van der Waals surface area contributed by atoms with E-state index in [1.54, 1.807) is 12.5 Å². The Balaban J connectivity index is 1.44. The molecule has 0 saturated carbocycles. The molecule has 7 heteroatoms. The molecule has 3 aromatic rings. The topological polar surface area (TPSA) is 62.5 Å². The number of hydrogen-bond acceptors (Lipinski definition) is 5. The highest BCUT2D eigenvalue weighted by atomic mass is 35.5. The van der Waals surface area contributed by atoms with Gasteiger partial charge in [0.1, 0.15) is 5.69 Å². The third kappa shape index (κ3) is 4.33. The molecule has 0 spiro atoms. The van der Waals surface area contributed by atoms with E-state index in [1.165, 1.54) is 0 Å². The Labute approximate surface area is 181 Å². The summed E-state index contributed by atoms with van der Waals surface area (Å²) in [5.41, 5.74) is 1.77. The van der Waals surface area contributed by atoms with E-state index in [1.807, 2.05) is 47.4 Å². The van der Waals surface area contributed by atoms with Crippen molar-refractivity contribution in [1.82, 2.24) is 14.9 Å². The van der Waals surface area contributed by atoms with Crippen LogP contribution in [0.2, 0.25) is 5.02 Å². The molecule has 6 nitrogen and oxygen atoms in total. The molecule has 1 atom stereocenters. The number of carbonyl (C=O) groups is 1. The molecular formula is C23H25ClN4O2. The standard InChI is InChI=1S/C23H25ClN4O2/c1-16(2)21(17-5-7-18(24)8-6-17)22(29)27-11-13-28(14-12-27)23-25-10-9-19(26-23)20-4-3-15-30-20/h3-10,15-16,21H,11-14H2,1-2H3. The second-order valence-corrected chi connectivity index (χ2v) is 8.24. The molecule has 1 fully saturated rings. The fourth-order valence-corrected chi connectivity index (χ4v) is 3.99. The molecule has 4 rings (SSSR count). The number of furan rings is 1. The van der Waals surface area contributed by atoms with Gasteiger partial charge in [-0.05, 0) is 41.8 Å². The van der Waals surface area contributed by atoms with Crippen LogP contribution < -0.4 is 4.90 Å². The lowest BCUT2D eigenvalue weighted by molar-refractivity contribution is -0.134. The predicted octanol–water partition coefficient (Wildman–Crippen LogP) is 4.48. The molecule has 1 aliphatic heterocycles. The van der Waals surface area contributed by atoms with Crippen LogP contribution in [-0.4, -0.2) is 47.0 Å². The number of rotatable bonds is 5. The van der Waals surface area contributed by atoms with E-state index in [2.05, 4.69) is 28.7 Å². The monoisotopic (exact) mass is 424 g/mol. The van der Waals surface area contributed by atoms with Gasteiger partial charge in [0, 0.05) is 37.4 Å². The van der Waals surface area contributed by atoms with Gasteiger partial charge in [0.05, 0.1) is 12.2 Å². The number of amides is 1. The summed E-state index contributed by atoms with van der Waals surface area (Å²) in [5.74, 6) is 1.57. The summed E-state index contributed by atoms with van der Waals surface area (Å²) in [7, 11) is 0. The van der Waals surface area contributed by atoms with Crippen LogP contribution in [0.5, 0.6) is 0 Å². The Morgan fingerprint density at radius 2 is 1.80 bits per heavy atom. The molecule has 30 heavy (non-hydrogen) atoms. The second-order valence-electron chi connectivity index (χ2n) is 7.80. The zero-order valence-electron chi connectivity index (χ0n) is 17.2. The van der Waals surface area contributed by atoms with E-state index in [0.29, 0.717) is 37.1 Å². The van der Waals surface area contributed by atoms with Crippen molar-refractivity contribution in [2.75, 3.05) is 31.1 Å². The van der Waals surface area contributed by atoms with E-state index >= 15 is 0 Å². The minimum Gasteiger partial charge on any atom is -0.463 e. The summed E-state index contributed by atoms with van der Waals surface area (Å²) in [4.78, 5) is 26.4. The van der Waals surface area contributed by atoms with Gasteiger partial charge < -0.3 is 14.2 Å². The summed E-state index contributed by atoms with van der Waals surface area (Å²) < 4.78 is 5.44. The van der Waals surface area contributed by atoms with Crippen LogP contribution in [0.25, 0.3) is 11.5 Å². The highest BCUT2D eigenvalue weighted by Crippen LogP contribution is 2.29. The highest BCUT2D eigenvalue weighted by Gasteiger charge is 2.31. The largest absolute Gasteiger partial charge is 0.463 e. The summed E-state index contributed by atoms with van der Waals surface area (Å²) in [5, 5.41) is 0.680. The number of nitrogens with zero attached hydrogens (tertiary/aromatic N) is 4. The average molecular weight is 425 g/mol. The van der Waals surface area contributed by atoms with Crippen LogP contribution in [0.3, 0.4) is 0 Å². The Morgan fingerprint density at radius 3 is 2.43 bits per heavy atom. The lowest BCUT2D eigenvalue weighted by atomic mass is 9.87. The van der Waals surface area contributed by atoms with Gasteiger partial charge in [-0.15, -0.1) is 0 Å².